The fourth-order valence-electron chi connectivity index (χ4n) is 3.00. The molecule has 3 aromatic carbocycles. The summed E-state index contributed by atoms with van der Waals surface area (Å²) < 4.78 is 21.4. The second-order valence-electron chi connectivity index (χ2n) is 6.12. The third kappa shape index (κ3) is 3.54. The zero-order valence-electron chi connectivity index (χ0n) is 14.7. The van der Waals surface area contributed by atoms with Crippen molar-refractivity contribution in [3.8, 4) is 0 Å². The molecular weight excluding hydrogens is 363 g/mol. The number of benzene rings is 3. The van der Waals surface area contributed by atoms with Crippen LogP contribution in [0.4, 0.5) is 4.39 Å². The second kappa shape index (κ2) is 7.42. The molecule has 4 nitrogen and oxygen atoms in total. The van der Waals surface area contributed by atoms with Crippen LogP contribution in [0.25, 0.3) is 21.0 Å². The zero-order valence-corrected chi connectivity index (χ0v) is 15.5. The van der Waals surface area contributed by atoms with Crippen LogP contribution in [-0.2, 0) is 11.3 Å². The van der Waals surface area contributed by atoms with Crippen LogP contribution in [0, 0.1) is 5.82 Å². The number of methoxy groups -OCH3 is 1. The lowest BCUT2D eigenvalue weighted by Gasteiger charge is -2.04. The Morgan fingerprint density at radius 2 is 1.93 bits per heavy atom. The van der Waals surface area contributed by atoms with Gasteiger partial charge in [0.1, 0.15) is 5.82 Å². The van der Waals surface area contributed by atoms with Crippen LogP contribution in [-0.4, -0.2) is 24.2 Å². The van der Waals surface area contributed by atoms with E-state index in [1.165, 1.54) is 23.5 Å². The summed E-state index contributed by atoms with van der Waals surface area (Å²) in [5.41, 5.74) is 1.36. The van der Waals surface area contributed by atoms with Crippen LogP contribution in [0.5, 0.6) is 0 Å². The van der Waals surface area contributed by atoms with Gasteiger partial charge in [0.05, 0.1) is 16.8 Å². The Hall–Kier alpha value is -2.83. The van der Waals surface area contributed by atoms with Gasteiger partial charge in [-0.2, -0.15) is 4.99 Å². The van der Waals surface area contributed by atoms with E-state index in [2.05, 4.69) is 4.99 Å². The van der Waals surface area contributed by atoms with Crippen LogP contribution in [0.1, 0.15) is 10.4 Å². The Balaban J connectivity index is 1.81. The Morgan fingerprint density at radius 1 is 1.11 bits per heavy atom. The van der Waals surface area contributed by atoms with Gasteiger partial charge in [-0.1, -0.05) is 41.7 Å². The van der Waals surface area contributed by atoms with Crippen molar-refractivity contribution in [2.45, 2.75) is 6.54 Å². The van der Waals surface area contributed by atoms with Crippen molar-refractivity contribution in [1.82, 2.24) is 4.57 Å². The third-order valence-electron chi connectivity index (χ3n) is 4.36. The van der Waals surface area contributed by atoms with E-state index in [1.807, 2.05) is 41.0 Å². The van der Waals surface area contributed by atoms with Crippen LogP contribution < -0.4 is 4.80 Å². The minimum Gasteiger partial charge on any atom is -0.383 e. The van der Waals surface area contributed by atoms with Gasteiger partial charge >= 0.3 is 0 Å². The lowest BCUT2D eigenvalue weighted by molar-refractivity contribution is 0.0997. The van der Waals surface area contributed by atoms with Crippen LogP contribution in [0.3, 0.4) is 0 Å². The summed E-state index contributed by atoms with van der Waals surface area (Å²) >= 11 is 1.30. The first-order chi connectivity index (χ1) is 13.2. The maximum absolute atomic E-state index is 13.6. The highest BCUT2D eigenvalue weighted by atomic mass is 32.1. The molecule has 0 spiro atoms. The number of hydrogen-bond donors (Lipinski definition) is 0. The van der Waals surface area contributed by atoms with E-state index in [0.29, 0.717) is 23.5 Å². The second-order valence-corrected chi connectivity index (χ2v) is 7.13. The number of fused-ring (bicyclic) bond motifs is 2. The van der Waals surface area contributed by atoms with Crippen molar-refractivity contribution in [2.75, 3.05) is 13.7 Å². The molecule has 0 aliphatic heterocycles. The minimum atomic E-state index is -0.320. The number of carbonyl (C=O) groups is 1. The summed E-state index contributed by atoms with van der Waals surface area (Å²) in [5.74, 6) is -0.631. The highest BCUT2D eigenvalue weighted by molar-refractivity contribution is 7.16. The number of ether oxygens (including phenoxy) is 1. The molecule has 27 heavy (non-hydrogen) atoms. The molecule has 0 radical (unpaired) electrons. The average molecular weight is 380 g/mol. The van der Waals surface area contributed by atoms with Gasteiger partial charge in [0, 0.05) is 19.2 Å². The molecule has 0 bridgehead atoms. The van der Waals surface area contributed by atoms with Gasteiger partial charge in [0.15, 0.2) is 4.80 Å². The molecule has 4 rings (SSSR count). The van der Waals surface area contributed by atoms with Crippen molar-refractivity contribution in [3.63, 3.8) is 0 Å². The standard InChI is InChI=1S/C21H17FN2O2S/c1-26-11-10-24-18-9-8-17(22)13-19(18)27-21(24)23-20(25)16-7-6-14-4-2-3-5-15(14)12-16/h2-9,12-13H,10-11H2,1H3. The van der Waals surface area contributed by atoms with E-state index < -0.39 is 0 Å². The van der Waals surface area contributed by atoms with Crippen molar-refractivity contribution >= 4 is 38.2 Å². The van der Waals surface area contributed by atoms with Gasteiger partial charge < -0.3 is 9.30 Å². The first-order valence-corrected chi connectivity index (χ1v) is 9.33. The quantitative estimate of drug-likeness (QED) is 0.527. The van der Waals surface area contributed by atoms with Crippen molar-refractivity contribution in [1.29, 1.82) is 0 Å². The van der Waals surface area contributed by atoms with Gasteiger partial charge in [-0.25, -0.2) is 4.39 Å². The van der Waals surface area contributed by atoms with Gasteiger partial charge in [-0.3, -0.25) is 4.79 Å². The summed E-state index contributed by atoms with van der Waals surface area (Å²) in [7, 11) is 1.62. The summed E-state index contributed by atoms with van der Waals surface area (Å²) in [6, 6.07) is 18.0. The van der Waals surface area contributed by atoms with E-state index in [1.54, 1.807) is 19.2 Å². The van der Waals surface area contributed by atoms with Crippen LogP contribution in [0.2, 0.25) is 0 Å². The lowest BCUT2D eigenvalue weighted by atomic mass is 10.1. The molecule has 1 heterocycles. The predicted octanol–water partition coefficient (Wildman–Crippen LogP) is 4.38. The Labute approximate surface area is 159 Å². The predicted molar refractivity (Wildman–Crippen MR) is 105 cm³/mol. The number of rotatable bonds is 4. The van der Waals surface area contributed by atoms with Crippen molar-refractivity contribution in [2.24, 2.45) is 4.99 Å². The smallest absolute Gasteiger partial charge is 0.279 e. The fraction of sp³-hybridized carbons (Fsp3) is 0.143. The molecule has 0 aliphatic rings. The molecule has 0 aliphatic carbocycles. The van der Waals surface area contributed by atoms with Crippen LogP contribution >= 0.6 is 11.3 Å². The highest BCUT2D eigenvalue weighted by Gasteiger charge is 2.10. The summed E-state index contributed by atoms with van der Waals surface area (Å²) in [6.45, 7) is 1.01. The molecule has 0 saturated carbocycles. The maximum Gasteiger partial charge on any atom is 0.279 e. The molecule has 0 atom stereocenters. The summed E-state index contributed by atoms with van der Waals surface area (Å²) in [5, 5.41) is 2.06. The fourth-order valence-corrected chi connectivity index (χ4v) is 4.08. The largest absolute Gasteiger partial charge is 0.383 e. The lowest BCUT2D eigenvalue weighted by Crippen LogP contribution is -2.19. The van der Waals surface area contributed by atoms with E-state index in [-0.39, 0.29) is 11.7 Å². The maximum atomic E-state index is 13.6. The van der Waals surface area contributed by atoms with Gasteiger partial charge in [0.2, 0.25) is 0 Å². The molecule has 0 N–H and O–H groups in total. The number of amides is 1. The van der Waals surface area contributed by atoms with E-state index in [0.717, 1.165) is 21.0 Å². The summed E-state index contributed by atoms with van der Waals surface area (Å²) in [6.07, 6.45) is 0. The van der Waals surface area contributed by atoms with Crippen molar-refractivity contribution < 1.29 is 13.9 Å². The van der Waals surface area contributed by atoms with E-state index >= 15 is 0 Å². The monoisotopic (exact) mass is 380 g/mol. The first kappa shape index (κ1) is 17.6. The topological polar surface area (TPSA) is 43.6 Å². The molecule has 1 amide bonds. The van der Waals surface area contributed by atoms with E-state index in [4.69, 9.17) is 4.74 Å². The number of hydrogen-bond acceptors (Lipinski definition) is 3. The Morgan fingerprint density at radius 3 is 2.74 bits per heavy atom. The summed E-state index contributed by atoms with van der Waals surface area (Å²) in [4.78, 5) is 17.6. The zero-order chi connectivity index (χ0) is 18.8. The number of thiazole rings is 1. The first-order valence-electron chi connectivity index (χ1n) is 8.51. The van der Waals surface area contributed by atoms with Gasteiger partial charge in [0.25, 0.3) is 5.91 Å². The molecule has 136 valence electrons. The number of aromatic nitrogens is 1. The van der Waals surface area contributed by atoms with Gasteiger partial charge in [-0.05, 0) is 41.1 Å². The number of nitrogens with zero attached hydrogens (tertiary/aromatic N) is 2. The Kier molecular flexibility index (Phi) is 4.83. The third-order valence-corrected chi connectivity index (χ3v) is 5.40. The molecule has 1 aromatic heterocycles. The average Bonchev–Trinajstić information content (AvgIpc) is 3.01. The minimum absolute atomic E-state index is 0.310. The molecule has 6 heteroatoms. The SMILES string of the molecule is COCCn1c(=NC(=O)c2ccc3ccccc3c2)sc2cc(F)ccc21. The number of carbonyl (C=O) groups excluding carboxylic acids is 1. The highest BCUT2D eigenvalue weighted by Crippen LogP contribution is 2.19. The number of halogens is 1. The molecule has 0 saturated heterocycles. The molecule has 4 aromatic rings. The normalized spacial score (nSPS) is 12.1. The molecule has 0 fully saturated rings. The molecule has 0 unspecified atom stereocenters. The molecular formula is C21H17FN2O2S. The van der Waals surface area contributed by atoms with Crippen molar-refractivity contribution in [3.05, 3.63) is 76.8 Å². The van der Waals surface area contributed by atoms with E-state index in [9.17, 15) is 9.18 Å². The van der Waals surface area contributed by atoms with Gasteiger partial charge in [-0.15, -0.1) is 0 Å². The van der Waals surface area contributed by atoms with Crippen LogP contribution in [0.15, 0.2) is 65.7 Å². The Bertz CT molecular complexity index is 1210.